The number of carbonyl (C=O) groups excluding carboxylic acids is 1. The first-order valence-electron chi connectivity index (χ1n) is 7.44. The Morgan fingerprint density at radius 1 is 1.36 bits per heavy atom. The fourth-order valence-electron chi connectivity index (χ4n) is 2.48. The summed E-state index contributed by atoms with van der Waals surface area (Å²) in [5, 5.41) is 2.93. The first-order chi connectivity index (χ1) is 10.6. The number of hydrogen-bond donors (Lipinski definition) is 1. The van der Waals surface area contributed by atoms with Crippen molar-refractivity contribution < 1.29 is 19.0 Å². The molecule has 22 heavy (non-hydrogen) atoms. The zero-order chi connectivity index (χ0) is 15.9. The van der Waals surface area contributed by atoms with Crippen LogP contribution in [0.3, 0.4) is 0 Å². The van der Waals surface area contributed by atoms with Gasteiger partial charge in [0.2, 0.25) is 5.91 Å². The minimum absolute atomic E-state index is 0.0175. The molecule has 0 spiro atoms. The van der Waals surface area contributed by atoms with Gasteiger partial charge in [0.15, 0.2) is 11.5 Å². The van der Waals surface area contributed by atoms with Crippen LogP contribution in [0.5, 0.6) is 11.5 Å². The molecule has 1 amide bonds. The normalized spacial score (nSPS) is 18.8. The molecule has 2 rings (SSSR count). The van der Waals surface area contributed by atoms with Gasteiger partial charge in [0.25, 0.3) is 0 Å². The maximum Gasteiger partial charge on any atom is 0.234 e. The van der Waals surface area contributed by atoms with Crippen LogP contribution in [0, 0.1) is 0 Å². The summed E-state index contributed by atoms with van der Waals surface area (Å²) in [7, 11) is 3.20. The minimum atomic E-state index is 0.0175. The van der Waals surface area contributed by atoms with E-state index >= 15 is 0 Å². The molecule has 6 heteroatoms. The Morgan fingerprint density at radius 2 is 2.14 bits per heavy atom. The van der Waals surface area contributed by atoms with Gasteiger partial charge < -0.3 is 19.5 Å². The summed E-state index contributed by atoms with van der Waals surface area (Å²) in [4.78, 5) is 14.1. The highest BCUT2D eigenvalue weighted by Gasteiger charge is 2.18. The topological polar surface area (TPSA) is 60.0 Å². The highest BCUT2D eigenvalue weighted by atomic mass is 16.5. The van der Waals surface area contributed by atoms with E-state index in [0.717, 1.165) is 18.7 Å². The minimum Gasteiger partial charge on any atom is -0.493 e. The predicted molar refractivity (Wildman–Crippen MR) is 83.2 cm³/mol. The zero-order valence-electron chi connectivity index (χ0n) is 13.4. The largest absolute Gasteiger partial charge is 0.493 e. The van der Waals surface area contributed by atoms with Crippen LogP contribution in [0.1, 0.15) is 12.5 Å². The van der Waals surface area contributed by atoms with Crippen molar-refractivity contribution in [3.8, 4) is 11.5 Å². The number of amides is 1. The van der Waals surface area contributed by atoms with Crippen molar-refractivity contribution in [3.05, 3.63) is 23.8 Å². The summed E-state index contributed by atoms with van der Waals surface area (Å²) in [5.74, 6) is 1.36. The summed E-state index contributed by atoms with van der Waals surface area (Å²) in [6.07, 6.45) is 0.187. The third-order valence-electron chi connectivity index (χ3n) is 3.63. The van der Waals surface area contributed by atoms with E-state index in [9.17, 15) is 4.79 Å². The number of nitrogens with zero attached hydrogens (tertiary/aromatic N) is 1. The molecule has 0 unspecified atom stereocenters. The van der Waals surface area contributed by atoms with Gasteiger partial charge in [-0.05, 0) is 24.6 Å². The van der Waals surface area contributed by atoms with Gasteiger partial charge in [-0.25, -0.2) is 0 Å². The SMILES string of the molecule is COc1ccc(CNC(=O)CN2CCO[C@@H](C)C2)cc1OC. The molecular formula is C16H24N2O4. The van der Waals surface area contributed by atoms with Crippen molar-refractivity contribution in [1.82, 2.24) is 10.2 Å². The van der Waals surface area contributed by atoms with Crippen LogP contribution < -0.4 is 14.8 Å². The van der Waals surface area contributed by atoms with E-state index in [1.165, 1.54) is 0 Å². The van der Waals surface area contributed by atoms with E-state index < -0.39 is 0 Å². The number of methoxy groups -OCH3 is 2. The number of nitrogens with one attached hydrogen (secondary N) is 1. The van der Waals surface area contributed by atoms with Crippen LogP contribution in [0.2, 0.25) is 0 Å². The van der Waals surface area contributed by atoms with Gasteiger partial charge in [-0.3, -0.25) is 9.69 Å². The second-order valence-corrected chi connectivity index (χ2v) is 5.38. The fourth-order valence-corrected chi connectivity index (χ4v) is 2.48. The van der Waals surface area contributed by atoms with Crippen molar-refractivity contribution in [3.63, 3.8) is 0 Å². The van der Waals surface area contributed by atoms with Crippen LogP contribution in [0.15, 0.2) is 18.2 Å². The molecule has 0 aromatic heterocycles. The Balaban J connectivity index is 1.83. The maximum absolute atomic E-state index is 12.0. The average Bonchev–Trinajstić information content (AvgIpc) is 2.52. The summed E-state index contributed by atoms with van der Waals surface area (Å²) >= 11 is 0. The Kier molecular flexibility index (Phi) is 6.03. The maximum atomic E-state index is 12.0. The van der Waals surface area contributed by atoms with Crippen molar-refractivity contribution in [1.29, 1.82) is 0 Å². The molecule has 0 aliphatic carbocycles. The second-order valence-electron chi connectivity index (χ2n) is 5.38. The first-order valence-corrected chi connectivity index (χ1v) is 7.44. The molecule has 6 nitrogen and oxygen atoms in total. The van der Waals surface area contributed by atoms with Crippen molar-refractivity contribution in [2.24, 2.45) is 0 Å². The number of ether oxygens (including phenoxy) is 3. The Labute approximate surface area is 131 Å². The van der Waals surface area contributed by atoms with Gasteiger partial charge in [-0.2, -0.15) is 0 Å². The summed E-state index contributed by atoms with van der Waals surface area (Å²) < 4.78 is 15.9. The molecule has 1 saturated heterocycles. The lowest BCUT2D eigenvalue weighted by Gasteiger charge is -2.30. The standard InChI is InChI=1S/C16H24N2O4/c1-12-10-18(6-7-22-12)11-16(19)17-9-13-4-5-14(20-2)15(8-13)21-3/h4-5,8,12H,6-7,9-11H2,1-3H3,(H,17,19)/t12-/m0/s1. The van der Waals surface area contributed by atoms with E-state index in [-0.39, 0.29) is 12.0 Å². The molecule has 0 bridgehead atoms. The molecule has 0 radical (unpaired) electrons. The molecular weight excluding hydrogens is 284 g/mol. The summed E-state index contributed by atoms with van der Waals surface area (Å²) in [5.41, 5.74) is 0.973. The lowest BCUT2D eigenvalue weighted by atomic mass is 10.2. The van der Waals surface area contributed by atoms with Gasteiger partial charge in [-0.15, -0.1) is 0 Å². The molecule has 1 aromatic carbocycles. The van der Waals surface area contributed by atoms with Gasteiger partial charge in [0.1, 0.15) is 0 Å². The number of hydrogen-bond acceptors (Lipinski definition) is 5. The van der Waals surface area contributed by atoms with Gasteiger partial charge in [0.05, 0.1) is 33.5 Å². The molecule has 0 saturated carbocycles. The van der Waals surface area contributed by atoms with Crippen molar-refractivity contribution in [2.75, 3.05) is 40.5 Å². The molecule has 1 aliphatic heterocycles. The number of morpholine rings is 1. The highest BCUT2D eigenvalue weighted by Crippen LogP contribution is 2.27. The molecule has 1 aliphatic rings. The van der Waals surface area contributed by atoms with Crippen molar-refractivity contribution >= 4 is 5.91 Å². The monoisotopic (exact) mass is 308 g/mol. The highest BCUT2D eigenvalue weighted by molar-refractivity contribution is 5.78. The lowest BCUT2D eigenvalue weighted by molar-refractivity contribution is -0.124. The Bertz CT molecular complexity index is 507. The van der Waals surface area contributed by atoms with Gasteiger partial charge in [0, 0.05) is 19.6 Å². The number of carbonyl (C=O) groups is 1. The number of rotatable bonds is 6. The van der Waals surface area contributed by atoms with Crippen LogP contribution >= 0.6 is 0 Å². The third kappa shape index (κ3) is 4.61. The van der Waals surface area contributed by atoms with E-state index in [0.29, 0.717) is 31.2 Å². The average molecular weight is 308 g/mol. The van der Waals surface area contributed by atoms with Crippen LogP contribution in [0.4, 0.5) is 0 Å². The predicted octanol–water partition coefficient (Wildman–Crippen LogP) is 1.04. The van der Waals surface area contributed by atoms with E-state index in [1.54, 1.807) is 14.2 Å². The van der Waals surface area contributed by atoms with Crippen molar-refractivity contribution in [2.45, 2.75) is 19.6 Å². The van der Waals surface area contributed by atoms with Gasteiger partial charge >= 0.3 is 0 Å². The first kappa shape index (κ1) is 16.6. The number of benzene rings is 1. The third-order valence-corrected chi connectivity index (χ3v) is 3.63. The van der Waals surface area contributed by atoms with Gasteiger partial charge in [-0.1, -0.05) is 6.07 Å². The molecule has 1 fully saturated rings. The Hall–Kier alpha value is -1.79. The molecule has 1 aromatic rings. The molecule has 1 atom stereocenters. The summed E-state index contributed by atoms with van der Waals surface area (Å²) in [6.45, 7) is 5.18. The lowest BCUT2D eigenvalue weighted by Crippen LogP contribution is -2.45. The molecule has 1 N–H and O–H groups in total. The van der Waals surface area contributed by atoms with Crippen LogP contribution in [0.25, 0.3) is 0 Å². The Morgan fingerprint density at radius 3 is 2.82 bits per heavy atom. The fraction of sp³-hybridized carbons (Fsp3) is 0.562. The molecule has 122 valence electrons. The van der Waals surface area contributed by atoms with E-state index in [2.05, 4.69) is 10.2 Å². The smallest absolute Gasteiger partial charge is 0.234 e. The quantitative estimate of drug-likeness (QED) is 0.851. The van der Waals surface area contributed by atoms with Crippen LogP contribution in [-0.2, 0) is 16.1 Å². The second kappa shape index (κ2) is 8.00. The van der Waals surface area contributed by atoms with E-state index in [4.69, 9.17) is 14.2 Å². The van der Waals surface area contributed by atoms with Crippen LogP contribution in [-0.4, -0.2) is 57.4 Å². The molecule has 1 heterocycles. The zero-order valence-corrected chi connectivity index (χ0v) is 13.4. The summed E-state index contributed by atoms with van der Waals surface area (Å²) in [6, 6.07) is 5.62. The van der Waals surface area contributed by atoms with E-state index in [1.807, 2.05) is 25.1 Å².